The second-order valence-corrected chi connectivity index (χ2v) is 4.86. The lowest BCUT2D eigenvalue weighted by atomic mass is 10.2. The highest BCUT2D eigenvalue weighted by atomic mass is 19.1. The summed E-state index contributed by atoms with van der Waals surface area (Å²) < 4.78 is 23.9. The molecule has 0 spiro atoms. The number of anilines is 1. The minimum atomic E-state index is -0.765. The fourth-order valence-electron chi connectivity index (χ4n) is 2.03. The van der Waals surface area contributed by atoms with Crippen LogP contribution >= 0.6 is 0 Å². The number of carbonyl (C=O) groups excluding carboxylic acids is 1. The molecule has 2 aromatic carbocycles. The predicted octanol–water partition coefficient (Wildman–Crippen LogP) is 3.40. The van der Waals surface area contributed by atoms with Crippen LogP contribution in [0.5, 0.6) is 11.5 Å². The van der Waals surface area contributed by atoms with Crippen LogP contribution in [0, 0.1) is 15.9 Å². The van der Waals surface area contributed by atoms with E-state index in [1.807, 2.05) is 0 Å². The molecule has 1 amide bonds. The number of amides is 1. The number of halogens is 1. The van der Waals surface area contributed by atoms with Crippen molar-refractivity contribution < 1.29 is 23.6 Å². The molecule has 0 fully saturated rings. The molecule has 0 bridgehead atoms. The molecule has 0 aromatic heterocycles. The van der Waals surface area contributed by atoms with Gasteiger partial charge in [-0.3, -0.25) is 14.9 Å². The first kappa shape index (κ1) is 17.9. The van der Waals surface area contributed by atoms with Crippen molar-refractivity contribution in [3.63, 3.8) is 0 Å². The number of nitro benzene ring substituents is 1. The number of nitrogens with one attached hydrogen (secondary N) is 1. The zero-order valence-electron chi connectivity index (χ0n) is 13.5. The average Bonchev–Trinajstić information content (AvgIpc) is 2.61. The Morgan fingerprint density at radius 2 is 1.88 bits per heavy atom. The smallest absolute Gasteiger partial charge is 0.271 e. The lowest BCUT2D eigenvalue weighted by Gasteiger charge is -2.07. The van der Waals surface area contributed by atoms with Crippen molar-refractivity contribution in [2.45, 2.75) is 0 Å². The molecule has 1 N–H and O–H groups in total. The molecular formula is C17H15FN2O5. The molecule has 0 atom stereocenters. The maximum Gasteiger partial charge on any atom is 0.271 e. The third kappa shape index (κ3) is 4.54. The van der Waals surface area contributed by atoms with Crippen LogP contribution in [0.25, 0.3) is 6.08 Å². The summed E-state index contributed by atoms with van der Waals surface area (Å²) in [6.07, 6.45) is 2.67. The van der Waals surface area contributed by atoms with Gasteiger partial charge in [-0.1, -0.05) is 6.07 Å². The minimum Gasteiger partial charge on any atom is -0.493 e. The van der Waals surface area contributed by atoms with E-state index in [2.05, 4.69) is 5.32 Å². The quantitative estimate of drug-likeness (QED) is 0.492. The Kier molecular flexibility index (Phi) is 5.67. The normalized spacial score (nSPS) is 10.5. The lowest BCUT2D eigenvalue weighted by molar-refractivity contribution is -0.384. The van der Waals surface area contributed by atoms with E-state index in [1.165, 1.54) is 26.4 Å². The highest BCUT2D eigenvalue weighted by Gasteiger charge is 2.12. The van der Waals surface area contributed by atoms with Gasteiger partial charge in [0.05, 0.1) is 24.8 Å². The van der Waals surface area contributed by atoms with E-state index in [0.29, 0.717) is 17.1 Å². The number of hydrogen-bond acceptors (Lipinski definition) is 5. The van der Waals surface area contributed by atoms with Crippen molar-refractivity contribution in [1.82, 2.24) is 0 Å². The summed E-state index contributed by atoms with van der Waals surface area (Å²) in [6.45, 7) is 0. The number of non-ortho nitro benzene ring substituents is 1. The first-order valence-corrected chi connectivity index (χ1v) is 7.09. The lowest BCUT2D eigenvalue weighted by Crippen LogP contribution is -2.09. The summed E-state index contributed by atoms with van der Waals surface area (Å²) in [7, 11) is 3.00. The molecule has 8 heteroatoms. The monoisotopic (exact) mass is 346 g/mol. The van der Waals surface area contributed by atoms with Crippen LogP contribution in [0.3, 0.4) is 0 Å². The van der Waals surface area contributed by atoms with Gasteiger partial charge in [0.1, 0.15) is 5.82 Å². The third-order valence-electron chi connectivity index (χ3n) is 3.25. The van der Waals surface area contributed by atoms with E-state index in [0.717, 1.165) is 18.2 Å². The van der Waals surface area contributed by atoms with Crippen molar-refractivity contribution in [1.29, 1.82) is 0 Å². The van der Waals surface area contributed by atoms with Gasteiger partial charge in [0.15, 0.2) is 11.5 Å². The first-order valence-electron chi connectivity index (χ1n) is 7.09. The van der Waals surface area contributed by atoms with Crippen LogP contribution in [0.4, 0.5) is 15.8 Å². The van der Waals surface area contributed by atoms with Crippen LogP contribution in [-0.4, -0.2) is 25.1 Å². The van der Waals surface area contributed by atoms with Gasteiger partial charge in [-0.15, -0.1) is 0 Å². The van der Waals surface area contributed by atoms with Crippen LogP contribution in [-0.2, 0) is 4.79 Å². The van der Waals surface area contributed by atoms with Gasteiger partial charge >= 0.3 is 0 Å². The molecule has 2 aromatic rings. The van der Waals surface area contributed by atoms with Crippen LogP contribution in [0.2, 0.25) is 0 Å². The number of benzene rings is 2. The van der Waals surface area contributed by atoms with Gasteiger partial charge in [0.2, 0.25) is 5.91 Å². The summed E-state index contributed by atoms with van der Waals surface area (Å²) in [5.41, 5.74) is 0.0732. The molecule has 0 radical (unpaired) electrons. The molecular weight excluding hydrogens is 331 g/mol. The van der Waals surface area contributed by atoms with Crippen LogP contribution in [0.15, 0.2) is 42.5 Å². The van der Waals surface area contributed by atoms with Crippen molar-refractivity contribution in [3.8, 4) is 11.5 Å². The average molecular weight is 346 g/mol. The minimum absolute atomic E-state index is 0.267. The Labute approximate surface area is 142 Å². The number of nitro groups is 1. The second-order valence-electron chi connectivity index (χ2n) is 4.86. The molecule has 0 aliphatic carbocycles. The van der Waals surface area contributed by atoms with Crippen molar-refractivity contribution in [2.24, 2.45) is 0 Å². The number of ether oxygens (including phenoxy) is 2. The highest BCUT2D eigenvalue weighted by molar-refractivity contribution is 6.02. The number of hydrogen-bond donors (Lipinski definition) is 1. The topological polar surface area (TPSA) is 90.7 Å². The molecule has 7 nitrogen and oxygen atoms in total. The van der Waals surface area contributed by atoms with Gasteiger partial charge in [-0.25, -0.2) is 4.39 Å². The highest BCUT2D eigenvalue weighted by Crippen LogP contribution is 2.28. The van der Waals surface area contributed by atoms with E-state index in [1.54, 1.807) is 18.2 Å². The molecule has 25 heavy (non-hydrogen) atoms. The third-order valence-corrected chi connectivity index (χ3v) is 3.25. The second kappa shape index (κ2) is 7.91. The summed E-state index contributed by atoms with van der Waals surface area (Å²) >= 11 is 0. The number of methoxy groups -OCH3 is 2. The summed E-state index contributed by atoms with van der Waals surface area (Å²) in [4.78, 5) is 21.9. The number of nitrogens with zero attached hydrogens (tertiary/aromatic N) is 1. The Morgan fingerprint density at radius 1 is 1.16 bits per heavy atom. The van der Waals surface area contributed by atoms with Crippen LogP contribution < -0.4 is 14.8 Å². The van der Waals surface area contributed by atoms with Gasteiger partial charge in [0, 0.05) is 18.2 Å². The summed E-state index contributed by atoms with van der Waals surface area (Å²) in [6, 6.07) is 7.94. The van der Waals surface area contributed by atoms with Crippen molar-refractivity contribution in [3.05, 3.63) is 64.0 Å². The maximum absolute atomic E-state index is 13.6. The number of rotatable bonds is 6. The molecule has 0 aliphatic heterocycles. The molecule has 0 heterocycles. The van der Waals surface area contributed by atoms with Gasteiger partial charge in [-0.2, -0.15) is 0 Å². The van der Waals surface area contributed by atoms with Gasteiger partial charge < -0.3 is 14.8 Å². The first-order chi connectivity index (χ1) is 11.9. The Bertz CT molecular complexity index is 836. The molecule has 2 rings (SSSR count). The number of carbonyl (C=O) groups is 1. The van der Waals surface area contributed by atoms with Crippen LogP contribution in [0.1, 0.15) is 5.56 Å². The fraction of sp³-hybridized carbons (Fsp3) is 0.118. The zero-order chi connectivity index (χ0) is 18.4. The largest absolute Gasteiger partial charge is 0.493 e. The maximum atomic E-state index is 13.6. The van der Waals surface area contributed by atoms with Crippen molar-refractivity contribution in [2.75, 3.05) is 19.5 Å². The molecule has 0 unspecified atom stereocenters. The Morgan fingerprint density at radius 3 is 2.52 bits per heavy atom. The van der Waals surface area contributed by atoms with E-state index in [4.69, 9.17) is 9.47 Å². The van der Waals surface area contributed by atoms with Crippen molar-refractivity contribution >= 4 is 23.4 Å². The SMILES string of the molecule is COc1ccc(C=CC(=O)Nc2cc([N+](=O)[O-])ccc2F)cc1OC. The predicted molar refractivity (Wildman–Crippen MR) is 90.3 cm³/mol. The summed E-state index contributed by atoms with van der Waals surface area (Å²) in [5, 5.41) is 13.0. The molecule has 0 saturated carbocycles. The Hall–Kier alpha value is -3.42. The van der Waals surface area contributed by atoms with E-state index < -0.39 is 16.6 Å². The fourth-order valence-corrected chi connectivity index (χ4v) is 2.03. The van der Waals surface area contributed by atoms with Gasteiger partial charge in [0.25, 0.3) is 5.69 Å². The van der Waals surface area contributed by atoms with Gasteiger partial charge in [-0.05, 0) is 29.8 Å². The summed E-state index contributed by atoms with van der Waals surface area (Å²) in [5.74, 6) is -0.356. The standard InChI is InChI=1S/C17H15FN2O5/c1-24-15-7-3-11(9-16(15)25-2)4-8-17(21)19-14-10-12(20(22)23)5-6-13(14)18/h3-10H,1-2H3,(H,19,21). The zero-order valence-corrected chi connectivity index (χ0v) is 13.5. The molecule has 0 aliphatic rings. The van der Waals surface area contributed by atoms with E-state index in [-0.39, 0.29) is 11.4 Å². The molecule has 0 saturated heterocycles. The van der Waals surface area contributed by atoms with E-state index >= 15 is 0 Å². The van der Waals surface area contributed by atoms with E-state index in [9.17, 15) is 19.3 Å². The Balaban J connectivity index is 2.14. The molecule has 130 valence electrons.